The summed E-state index contributed by atoms with van der Waals surface area (Å²) in [5.41, 5.74) is 0.337. The number of aliphatic hydroxyl groups is 1. The van der Waals surface area contributed by atoms with Crippen LogP contribution in [0.3, 0.4) is 0 Å². The molecule has 0 amide bonds. The molecule has 2 heterocycles. The van der Waals surface area contributed by atoms with Gasteiger partial charge in [0, 0.05) is 10.9 Å². The molecule has 1 aromatic carbocycles. The van der Waals surface area contributed by atoms with Crippen LogP contribution in [0.4, 0.5) is 0 Å². The van der Waals surface area contributed by atoms with E-state index < -0.39 is 42.3 Å². The number of cyclic esters (lactones) is 1. The number of hydrogen-bond donors (Lipinski definition) is 1. The predicted molar refractivity (Wildman–Crippen MR) is 96.5 cm³/mol. The van der Waals surface area contributed by atoms with E-state index in [-0.39, 0.29) is 6.10 Å². The summed E-state index contributed by atoms with van der Waals surface area (Å²) in [6.45, 7) is 3.60. The Morgan fingerprint density at radius 3 is 2.69 bits per heavy atom. The molecule has 1 aromatic rings. The molecule has 0 bridgehead atoms. The molecule has 7 heteroatoms. The van der Waals surface area contributed by atoms with Gasteiger partial charge in [-0.2, -0.15) is 0 Å². The Balaban J connectivity index is 1.86. The Labute approximate surface area is 160 Å². The molecule has 1 N–H and O–H groups in total. The SMILES string of the molecule is C/C=C/[C@H]1O[C@H]2C[C@@H](C)OC(=O)[C@H]2[C@@H](OC(=O)c2ccc(Br)cc2)[C@@H]1O. The van der Waals surface area contributed by atoms with Crippen LogP contribution < -0.4 is 0 Å². The Hall–Kier alpha value is -1.70. The van der Waals surface area contributed by atoms with Crippen LogP contribution in [-0.4, -0.2) is 47.6 Å². The second-order valence-electron chi connectivity index (χ2n) is 6.54. The lowest BCUT2D eigenvalue weighted by Crippen LogP contribution is -2.60. The van der Waals surface area contributed by atoms with Crippen molar-refractivity contribution in [2.24, 2.45) is 5.92 Å². The van der Waals surface area contributed by atoms with Gasteiger partial charge in [-0.3, -0.25) is 4.79 Å². The molecule has 0 aromatic heterocycles. The van der Waals surface area contributed by atoms with Gasteiger partial charge < -0.3 is 19.3 Å². The van der Waals surface area contributed by atoms with Crippen LogP contribution in [-0.2, 0) is 19.0 Å². The third-order valence-corrected chi connectivity index (χ3v) is 5.15. The summed E-state index contributed by atoms with van der Waals surface area (Å²) in [4.78, 5) is 24.9. The number of allylic oxidation sites excluding steroid dienone is 1. The highest BCUT2D eigenvalue weighted by molar-refractivity contribution is 9.10. The molecule has 140 valence electrons. The number of halogens is 1. The largest absolute Gasteiger partial charge is 0.462 e. The molecule has 2 aliphatic heterocycles. The first kappa shape index (κ1) is 19.1. The number of hydrogen-bond acceptors (Lipinski definition) is 6. The molecule has 0 aliphatic carbocycles. The minimum absolute atomic E-state index is 0.284. The maximum absolute atomic E-state index is 12.5. The van der Waals surface area contributed by atoms with E-state index in [4.69, 9.17) is 14.2 Å². The zero-order valence-electron chi connectivity index (χ0n) is 14.5. The Kier molecular flexibility index (Phi) is 5.79. The quantitative estimate of drug-likeness (QED) is 0.593. The van der Waals surface area contributed by atoms with Crippen LogP contribution in [0.15, 0.2) is 40.9 Å². The van der Waals surface area contributed by atoms with Crippen molar-refractivity contribution in [3.05, 3.63) is 46.5 Å². The van der Waals surface area contributed by atoms with Crippen molar-refractivity contribution in [2.45, 2.75) is 50.8 Å². The van der Waals surface area contributed by atoms with E-state index in [0.29, 0.717) is 12.0 Å². The normalized spacial score (nSPS) is 34.2. The Morgan fingerprint density at radius 1 is 1.35 bits per heavy atom. The van der Waals surface area contributed by atoms with Crippen LogP contribution in [0, 0.1) is 5.92 Å². The van der Waals surface area contributed by atoms with Gasteiger partial charge in [0.15, 0.2) is 0 Å². The highest BCUT2D eigenvalue weighted by atomic mass is 79.9. The monoisotopic (exact) mass is 424 g/mol. The molecule has 0 saturated carbocycles. The first-order chi connectivity index (χ1) is 12.4. The Morgan fingerprint density at radius 2 is 2.04 bits per heavy atom. The zero-order chi connectivity index (χ0) is 18.8. The summed E-state index contributed by atoms with van der Waals surface area (Å²) < 4.78 is 17.6. The van der Waals surface area contributed by atoms with Crippen molar-refractivity contribution in [1.29, 1.82) is 0 Å². The molecule has 0 radical (unpaired) electrons. The predicted octanol–water partition coefficient (Wildman–Crippen LogP) is 2.63. The van der Waals surface area contributed by atoms with E-state index in [9.17, 15) is 14.7 Å². The van der Waals surface area contributed by atoms with E-state index in [1.807, 2.05) is 6.92 Å². The molecule has 0 unspecified atom stereocenters. The lowest BCUT2D eigenvalue weighted by atomic mass is 9.82. The lowest BCUT2D eigenvalue weighted by Gasteiger charge is -2.45. The zero-order valence-corrected chi connectivity index (χ0v) is 16.1. The first-order valence-electron chi connectivity index (χ1n) is 8.54. The summed E-state index contributed by atoms with van der Waals surface area (Å²) in [7, 11) is 0. The van der Waals surface area contributed by atoms with Gasteiger partial charge in [0.1, 0.15) is 30.3 Å². The van der Waals surface area contributed by atoms with Crippen LogP contribution in [0.5, 0.6) is 0 Å². The van der Waals surface area contributed by atoms with Gasteiger partial charge in [0.25, 0.3) is 0 Å². The fourth-order valence-corrected chi connectivity index (χ4v) is 3.65. The topological polar surface area (TPSA) is 82.1 Å². The van der Waals surface area contributed by atoms with Gasteiger partial charge in [0.2, 0.25) is 0 Å². The molecule has 26 heavy (non-hydrogen) atoms. The van der Waals surface area contributed by atoms with Crippen LogP contribution in [0.25, 0.3) is 0 Å². The fourth-order valence-electron chi connectivity index (χ4n) is 3.39. The minimum Gasteiger partial charge on any atom is -0.462 e. The molecule has 6 nitrogen and oxygen atoms in total. The third-order valence-electron chi connectivity index (χ3n) is 4.62. The highest BCUT2D eigenvalue weighted by Crippen LogP contribution is 2.36. The summed E-state index contributed by atoms with van der Waals surface area (Å²) in [5.74, 6) is -1.96. The van der Waals surface area contributed by atoms with E-state index in [1.54, 1.807) is 43.3 Å². The molecular weight excluding hydrogens is 404 g/mol. The first-order valence-corrected chi connectivity index (χ1v) is 9.33. The van der Waals surface area contributed by atoms with Crippen molar-refractivity contribution in [3.8, 4) is 0 Å². The van der Waals surface area contributed by atoms with Crippen molar-refractivity contribution in [3.63, 3.8) is 0 Å². The maximum atomic E-state index is 12.5. The summed E-state index contributed by atoms with van der Waals surface area (Å²) in [5, 5.41) is 10.7. The second kappa shape index (κ2) is 7.90. The summed E-state index contributed by atoms with van der Waals surface area (Å²) in [6.07, 6.45) is 0.342. The van der Waals surface area contributed by atoms with Crippen molar-refractivity contribution >= 4 is 27.9 Å². The van der Waals surface area contributed by atoms with E-state index >= 15 is 0 Å². The lowest BCUT2D eigenvalue weighted by molar-refractivity contribution is -0.224. The van der Waals surface area contributed by atoms with Gasteiger partial charge in [-0.05, 0) is 38.1 Å². The highest BCUT2D eigenvalue weighted by Gasteiger charge is 2.53. The van der Waals surface area contributed by atoms with Crippen molar-refractivity contribution in [2.75, 3.05) is 0 Å². The number of carbonyl (C=O) groups excluding carboxylic acids is 2. The van der Waals surface area contributed by atoms with Gasteiger partial charge >= 0.3 is 11.9 Å². The molecule has 2 fully saturated rings. The summed E-state index contributed by atoms with van der Waals surface area (Å²) >= 11 is 3.31. The second-order valence-corrected chi connectivity index (χ2v) is 7.46. The molecule has 6 atom stereocenters. The standard InChI is InChI=1S/C19H21BrO6/c1-3-4-13-16(21)17(15-14(25-13)9-10(2)24-19(15)23)26-18(22)11-5-7-12(20)8-6-11/h3-8,10,13-17,21H,9H2,1-2H3/b4-3+/t10-,13-,14+,15-,16-,17-/m1/s1. The van der Waals surface area contributed by atoms with E-state index in [0.717, 1.165) is 4.47 Å². The van der Waals surface area contributed by atoms with Crippen molar-refractivity contribution in [1.82, 2.24) is 0 Å². The number of ether oxygens (including phenoxy) is 3. The summed E-state index contributed by atoms with van der Waals surface area (Å²) in [6, 6.07) is 6.67. The van der Waals surface area contributed by atoms with Crippen LogP contribution in [0.1, 0.15) is 30.6 Å². The average Bonchev–Trinajstić information content (AvgIpc) is 2.58. The number of rotatable bonds is 3. The molecular formula is C19H21BrO6. The van der Waals surface area contributed by atoms with Crippen LogP contribution in [0.2, 0.25) is 0 Å². The fraction of sp³-hybridized carbons (Fsp3) is 0.474. The average molecular weight is 425 g/mol. The van der Waals surface area contributed by atoms with Crippen LogP contribution >= 0.6 is 15.9 Å². The molecule has 2 saturated heterocycles. The number of carbonyl (C=O) groups is 2. The van der Waals surface area contributed by atoms with Gasteiger partial charge in [0.05, 0.1) is 11.7 Å². The van der Waals surface area contributed by atoms with Crippen molar-refractivity contribution < 1.29 is 28.9 Å². The molecule has 3 rings (SSSR count). The third kappa shape index (κ3) is 3.84. The van der Waals surface area contributed by atoms with E-state index in [1.165, 1.54) is 0 Å². The number of benzene rings is 1. The van der Waals surface area contributed by atoms with E-state index in [2.05, 4.69) is 15.9 Å². The Bertz CT molecular complexity index is 700. The number of aliphatic hydroxyl groups excluding tert-OH is 1. The smallest absolute Gasteiger partial charge is 0.338 e. The van der Waals surface area contributed by atoms with Gasteiger partial charge in [-0.15, -0.1) is 0 Å². The number of esters is 2. The molecule has 2 aliphatic rings. The minimum atomic E-state index is -1.16. The van der Waals surface area contributed by atoms with Gasteiger partial charge in [-0.1, -0.05) is 28.1 Å². The van der Waals surface area contributed by atoms with Gasteiger partial charge in [-0.25, -0.2) is 4.79 Å². The maximum Gasteiger partial charge on any atom is 0.338 e. The number of fused-ring (bicyclic) bond motifs is 1. The molecule has 0 spiro atoms.